The molecular weight excluding hydrogens is 496 g/mol. The average molecular weight is 527 g/mol. The highest BCUT2D eigenvalue weighted by atomic mass is 15.2. The van der Waals surface area contributed by atoms with E-state index in [2.05, 4.69) is 157 Å². The average Bonchev–Trinajstić information content (AvgIpc) is 3.34. The van der Waals surface area contributed by atoms with Crippen LogP contribution in [-0.2, 0) is 6.42 Å². The molecule has 1 aliphatic heterocycles. The summed E-state index contributed by atoms with van der Waals surface area (Å²) in [4.78, 5) is 2.42. The number of anilines is 3. The fourth-order valence-electron chi connectivity index (χ4n) is 6.75. The number of aromatic nitrogens is 1. The second kappa shape index (κ2) is 9.25. The van der Waals surface area contributed by atoms with Crippen molar-refractivity contribution in [2.75, 3.05) is 4.90 Å². The molecule has 0 bridgehead atoms. The molecule has 2 heteroatoms. The number of aryl methyl sites for hydroxylation is 2. The minimum atomic E-state index is 0.970. The molecule has 1 aromatic heterocycles. The van der Waals surface area contributed by atoms with Gasteiger partial charge in [0, 0.05) is 39.9 Å². The third-order valence-corrected chi connectivity index (χ3v) is 8.65. The van der Waals surface area contributed by atoms with Gasteiger partial charge in [0.2, 0.25) is 0 Å². The first kappa shape index (κ1) is 23.8. The second-order valence-electron chi connectivity index (χ2n) is 11.1. The van der Waals surface area contributed by atoms with Crippen LogP contribution in [0.25, 0.3) is 38.6 Å². The largest absolute Gasteiger partial charge is 0.310 e. The molecule has 2 nitrogen and oxygen atoms in total. The normalized spacial score (nSPS) is 12.5. The van der Waals surface area contributed by atoms with Gasteiger partial charge in [0.25, 0.3) is 0 Å². The minimum Gasteiger partial charge on any atom is -0.310 e. The van der Waals surface area contributed by atoms with E-state index in [9.17, 15) is 0 Å². The summed E-state index contributed by atoms with van der Waals surface area (Å²) in [5.41, 5.74) is 15.2. The lowest BCUT2D eigenvalue weighted by Crippen LogP contribution is -2.18. The highest BCUT2D eigenvalue weighted by Gasteiger charge is 2.24. The Balaban J connectivity index is 1.22. The molecule has 196 valence electrons. The van der Waals surface area contributed by atoms with E-state index in [0.717, 1.165) is 6.42 Å². The van der Waals surface area contributed by atoms with Gasteiger partial charge in [-0.05, 0) is 95.8 Å². The van der Waals surface area contributed by atoms with Crippen LogP contribution in [0.4, 0.5) is 17.1 Å². The van der Waals surface area contributed by atoms with Gasteiger partial charge in [-0.25, -0.2) is 0 Å². The summed E-state index contributed by atoms with van der Waals surface area (Å²) in [6.07, 6.45) is 0.970. The van der Waals surface area contributed by atoms with Crippen molar-refractivity contribution >= 4 is 38.9 Å². The third kappa shape index (κ3) is 3.72. The van der Waals surface area contributed by atoms with Crippen molar-refractivity contribution in [1.29, 1.82) is 0 Å². The first-order valence-electron chi connectivity index (χ1n) is 14.3. The van der Waals surface area contributed by atoms with Crippen LogP contribution in [0.1, 0.15) is 22.3 Å². The molecule has 8 rings (SSSR count). The predicted molar refractivity (Wildman–Crippen MR) is 173 cm³/mol. The van der Waals surface area contributed by atoms with Gasteiger partial charge in [-0.2, -0.15) is 0 Å². The zero-order valence-corrected chi connectivity index (χ0v) is 23.3. The summed E-state index contributed by atoms with van der Waals surface area (Å²) in [6, 6.07) is 48.8. The second-order valence-corrected chi connectivity index (χ2v) is 11.1. The molecule has 0 saturated heterocycles. The topological polar surface area (TPSA) is 8.17 Å². The molecular formula is C39H30N2. The summed E-state index contributed by atoms with van der Waals surface area (Å²) >= 11 is 0. The summed E-state index contributed by atoms with van der Waals surface area (Å²) < 4.78 is 2.39. The molecule has 1 aliphatic rings. The molecule has 2 heterocycles. The van der Waals surface area contributed by atoms with Crippen LogP contribution in [0, 0.1) is 13.8 Å². The van der Waals surface area contributed by atoms with Crippen molar-refractivity contribution in [3.63, 3.8) is 0 Å². The van der Waals surface area contributed by atoms with Crippen LogP contribution < -0.4 is 4.90 Å². The maximum absolute atomic E-state index is 2.42. The van der Waals surface area contributed by atoms with E-state index in [-0.39, 0.29) is 0 Å². The van der Waals surface area contributed by atoms with Gasteiger partial charge in [-0.15, -0.1) is 0 Å². The van der Waals surface area contributed by atoms with Crippen LogP contribution in [0.5, 0.6) is 0 Å². The lowest BCUT2D eigenvalue weighted by molar-refractivity contribution is 1.09. The Hall–Kier alpha value is -5.08. The van der Waals surface area contributed by atoms with Gasteiger partial charge in [0.15, 0.2) is 0 Å². The van der Waals surface area contributed by atoms with E-state index in [1.54, 1.807) is 0 Å². The standard InChI is InChI=1S/C39H30N2/c1-26-23-30(40-36-15-7-3-11-28(36)25-29-12-4-8-16-37(29)40)19-21-32(26)33-22-20-31(24-27(33)2)41-38-17-9-5-13-34(38)35-14-6-10-18-39(35)41/h3-24H,25H2,1-2H3. The first-order valence-corrected chi connectivity index (χ1v) is 14.3. The van der Waals surface area contributed by atoms with Crippen LogP contribution in [0.2, 0.25) is 0 Å². The number of para-hydroxylation sites is 4. The number of nitrogens with zero attached hydrogens (tertiary/aromatic N) is 2. The number of rotatable bonds is 3. The fraction of sp³-hybridized carbons (Fsp3) is 0.0769. The van der Waals surface area contributed by atoms with Gasteiger partial charge in [0.05, 0.1) is 11.0 Å². The van der Waals surface area contributed by atoms with Crippen molar-refractivity contribution in [1.82, 2.24) is 4.57 Å². The Morgan fingerprint density at radius 1 is 0.463 bits per heavy atom. The molecule has 0 fully saturated rings. The van der Waals surface area contributed by atoms with Gasteiger partial charge < -0.3 is 9.47 Å². The Morgan fingerprint density at radius 3 is 1.49 bits per heavy atom. The number of hydrogen-bond donors (Lipinski definition) is 0. The SMILES string of the molecule is Cc1cc(N2c3ccccc3Cc3ccccc32)ccc1-c1ccc(-n2c3ccccc3c3ccccc32)cc1C. The maximum Gasteiger partial charge on any atom is 0.0541 e. The molecule has 7 aromatic rings. The summed E-state index contributed by atoms with van der Waals surface area (Å²) in [5, 5.41) is 2.58. The molecule has 0 radical (unpaired) electrons. The third-order valence-electron chi connectivity index (χ3n) is 8.65. The molecule has 0 aliphatic carbocycles. The zero-order chi connectivity index (χ0) is 27.5. The quantitative estimate of drug-likeness (QED) is 0.222. The lowest BCUT2D eigenvalue weighted by atomic mass is 9.93. The van der Waals surface area contributed by atoms with E-state index in [1.807, 2.05) is 0 Å². The van der Waals surface area contributed by atoms with E-state index in [4.69, 9.17) is 0 Å². The molecule has 0 saturated carbocycles. The fourth-order valence-corrected chi connectivity index (χ4v) is 6.75. The number of hydrogen-bond acceptors (Lipinski definition) is 1. The molecule has 0 unspecified atom stereocenters. The van der Waals surface area contributed by atoms with Crippen molar-refractivity contribution in [2.45, 2.75) is 20.3 Å². The Morgan fingerprint density at radius 2 is 0.927 bits per heavy atom. The summed E-state index contributed by atoms with van der Waals surface area (Å²) in [6.45, 7) is 4.47. The van der Waals surface area contributed by atoms with E-state index < -0.39 is 0 Å². The Kier molecular flexibility index (Phi) is 5.36. The van der Waals surface area contributed by atoms with Gasteiger partial charge in [0.1, 0.15) is 0 Å². The van der Waals surface area contributed by atoms with Crippen LogP contribution in [0.3, 0.4) is 0 Å². The predicted octanol–water partition coefficient (Wildman–Crippen LogP) is 10.4. The van der Waals surface area contributed by atoms with Crippen LogP contribution in [0.15, 0.2) is 133 Å². The van der Waals surface area contributed by atoms with Gasteiger partial charge in [-0.3, -0.25) is 0 Å². The molecule has 0 amide bonds. The minimum absolute atomic E-state index is 0.970. The number of benzene rings is 6. The van der Waals surface area contributed by atoms with Crippen molar-refractivity contribution in [3.8, 4) is 16.8 Å². The van der Waals surface area contributed by atoms with Crippen molar-refractivity contribution < 1.29 is 0 Å². The molecule has 0 spiro atoms. The molecule has 0 N–H and O–H groups in total. The van der Waals surface area contributed by atoms with Gasteiger partial charge in [-0.1, -0.05) is 84.9 Å². The first-order chi connectivity index (χ1) is 20.2. The Labute approximate surface area is 240 Å². The van der Waals surface area contributed by atoms with Crippen molar-refractivity contribution in [3.05, 3.63) is 156 Å². The van der Waals surface area contributed by atoms with Crippen LogP contribution in [-0.4, -0.2) is 4.57 Å². The maximum atomic E-state index is 2.42. The summed E-state index contributed by atoms with van der Waals surface area (Å²) in [5.74, 6) is 0. The van der Waals surface area contributed by atoms with Crippen LogP contribution >= 0.6 is 0 Å². The highest BCUT2D eigenvalue weighted by molar-refractivity contribution is 6.09. The monoisotopic (exact) mass is 526 g/mol. The Bertz CT molecular complexity index is 2010. The summed E-state index contributed by atoms with van der Waals surface area (Å²) in [7, 11) is 0. The number of fused-ring (bicyclic) bond motifs is 5. The van der Waals surface area contributed by atoms with E-state index in [1.165, 1.54) is 77.9 Å². The van der Waals surface area contributed by atoms with E-state index >= 15 is 0 Å². The molecule has 6 aromatic carbocycles. The van der Waals surface area contributed by atoms with Crippen molar-refractivity contribution in [2.24, 2.45) is 0 Å². The zero-order valence-electron chi connectivity index (χ0n) is 23.3. The molecule has 0 atom stereocenters. The highest BCUT2D eigenvalue weighted by Crippen LogP contribution is 2.44. The molecule has 41 heavy (non-hydrogen) atoms. The smallest absolute Gasteiger partial charge is 0.0541 e. The van der Waals surface area contributed by atoms with E-state index in [0.29, 0.717) is 0 Å². The van der Waals surface area contributed by atoms with Gasteiger partial charge >= 0.3 is 0 Å². The lowest BCUT2D eigenvalue weighted by Gasteiger charge is -2.33.